The molecule has 13 heavy (non-hydrogen) atoms. The van der Waals surface area contributed by atoms with E-state index in [1.165, 1.54) is 0 Å². The number of cyclic esters (lactones) is 2. The van der Waals surface area contributed by atoms with E-state index in [0.29, 0.717) is 5.75 Å². The van der Waals surface area contributed by atoms with Crippen LogP contribution in [0.2, 0.25) is 0 Å². The summed E-state index contributed by atoms with van der Waals surface area (Å²) in [5.41, 5.74) is 0. The first-order chi connectivity index (χ1) is 5.88. The molecule has 0 spiro atoms. The van der Waals surface area contributed by atoms with Gasteiger partial charge in [-0.15, -0.1) is 0 Å². The normalized spacial score (nSPS) is 22.8. The molecule has 1 heterocycles. The van der Waals surface area contributed by atoms with Gasteiger partial charge in [0.25, 0.3) is 0 Å². The Hall–Kier alpha value is -0.710. The molecule has 1 N–H and O–H groups in total. The van der Waals surface area contributed by atoms with Crippen molar-refractivity contribution in [2.45, 2.75) is 31.6 Å². The molecule has 0 aromatic carbocycles. The van der Waals surface area contributed by atoms with E-state index in [4.69, 9.17) is 0 Å². The number of carbonyl (C=O) groups is 2. The molecule has 1 rings (SSSR count). The highest BCUT2D eigenvalue weighted by molar-refractivity contribution is 8.00. The van der Waals surface area contributed by atoms with E-state index >= 15 is 0 Å². The monoisotopic (exact) mass is 203 g/mol. The number of thioether (sulfide) groups is 1. The molecule has 0 unspecified atom stereocenters. The van der Waals surface area contributed by atoms with Crippen molar-refractivity contribution < 1.29 is 14.3 Å². The van der Waals surface area contributed by atoms with Gasteiger partial charge in [0.2, 0.25) is 0 Å². The highest BCUT2D eigenvalue weighted by Crippen LogP contribution is 2.24. The number of hydrogen-bond acceptors (Lipinski definition) is 4. The Morgan fingerprint density at radius 2 is 2.08 bits per heavy atom. The van der Waals surface area contributed by atoms with E-state index < -0.39 is 18.1 Å². The third-order valence-corrected chi connectivity index (χ3v) is 2.82. The van der Waals surface area contributed by atoms with Gasteiger partial charge in [0, 0.05) is 10.5 Å². The van der Waals surface area contributed by atoms with Crippen molar-refractivity contribution in [3.05, 3.63) is 0 Å². The quantitative estimate of drug-likeness (QED) is 0.540. The van der Waals surface area contributed by atoms with Crippen LogP contribution in [0.5, 0.6) is 0 Å². The zero-order valence-electron chi connectivity index (χ0n) is 7.92. The van der Waals surface area contributed by atoms with Gasteiger partial charge in [0.1, 0.15) is 6.04 Å². The van der Waals surface area contributed by atoms with Crippen molar-refractivity contribution in [2.75, 3.05) is 5.75 Å². The molecule has 4 nitrogen and oxygen atoms in total. The molecule has 1 atom stereocenters. The minimum absolute atomic E-state index is 0.0909. The number of carbonyl (C=O) groups excluding carboxylic acids is 2. The molecule has 1 aliphatic rings. The van der Waals surface area contributed by atoms with Crippen LogP contribution in [0.1, 0.15) is 20.8 Å². The summed E-state index contributed by atoms with van der Waals surface area (Å²) >= 11 is 1.62. The maximum absolute atomic E-state index is 11.0. The van der Waals surface area contributed by atoms with E-state index in [0.717, 1.165) is 0 Å². The van der Waals surface area contributed by atoms with E-state index in [-0.39, 0.29) is 4.75 Å². The molecule has 0 aromatic rings. The van der Waals surface area contributed by atoms with Gasteiger partial charge < -0.3 is 10.1 Å². The Morgan fingerprint density at radius 3 is 2.46 bits per heavy atom. The first-order valence-corrected chi connectivity index (χ1v) is 5.03. The predicted octanol–water partition coefficient (Wildman–Crippen LogP) is 1.15. The van der Waals surface area contributed by atoms with Gasteiger partial charge in [-0.25, -0.2) is 9.59 Å². The second-order valence-electron chi connectivity index (χ2n) is 3.83. The smallest absolute Gasteiger partial charge is 0.375 e. The van der Waals surface area contributed by atoms with Crippen molar-refractivity contribution >= 4 is 23.8 Å². The van der Waals surface area contributed by atoms with Gasteiger partial charge in [-0.05, 0) is 0 Å². The van der Waals surface area contributed by atoms with Gasteiger partial charge in [0.05, 0.1) is 0 Å². The summed E-state index contributed by atoms with van der Waals surface area (Å²) in [6.07, 6.45) is -0.635. The maximum atomic E-state index is 11.0. The summed E-state index contributed by atoms with van der Waals surface area (Å²) in [5.74, 6) is 0.0930. The lowest BCUT2D eigenvalue weighted by Gasteiger charge is -2.18. The Bertz CT molecular complexity index is 234. The van der Waals surface area contributed by atoms with E-state index in [1.54, 1.807) is 11.8 Å². The summed E-state index contributed by atoms with van der Waals surface area (Å²) in [6, 6.07) is -0.475. The third-order valence-electron chi connectivity index (χ3n) is 1.45. The summed E-state index contributed by atoms with van der Waals surface area (Å²) in [7, 11) is 0. The molecular formula is C8H13NO3S. The zero-order valence-corrected chi connectivity index (χ0v) is 8.73. The summed E-state index contributed by atoms with van der Waals surface area (Å²) < 4.78 is 4.43. The number of ether oxygens (including phenoxy) is 1. The largest absolute Gasteiger partial charge is 0.415 e. The van der Waals surface area contributed by atoms with E-state index in [9.17, 15) is 9.59 Å². The number of esters is 1. The minimum atomic E-state index is -0.635. The predicted molar refractivity (Wildman–Crippen MR) is 50.6 cm³/mol. The number of alkyl carbamates (subject to hydrolysis) is 1. The number of amides is 1. The Morgan fingerprint density at radius 1 is 1.46 bits per heavy atom. The van der Waals surface area contributed by atoms with E-state index in [2.05, 4.69) is 30.8 Å². The molecule has 1 fully saturated rings. The van der Waals surface area contributed by atoms with Crippen molar-refractivity contribution in [1.29, 1.82) is 0 Å². The molecule has 0 aliphatic carbocycles. The lowest BCUT2D eigenvalue weighted by molar-refractivity contribution is -0.134. The average Bonchev–Trinajstić information content (AvgIpc) is 2.24. The summed E-state index contributed by atoms with van der Waals surface area (Å²) in [5, 5.41) is 2.44. The van der Waals surface area contributed by atoms with Crippen LogP contribution in [-0.4, -0.2) is 28.6 Å². The fourth-order valence-corrected chi connectivity index (χ4v) is 1.72. The minimum Gasteiger partial charge on any atom is -0.375 e. The Balaban J connectivity index is 2.38. The van der Waals surface area contributed by atoms with Crippen molar-refractivity contribution in [3.8, 4) is 0 Å². The second kappa shape index (κ2) is 3.57. The SMILES string of the molecule is CC(C)(C)SC[C@@H]1NC(=O)OC1=O. The lowest BCUT2D eigenvalue weighted by atomic mass is 10.3. The molecule has 0 bridgehead atoms. The van der Waals surface area contributed by atoms with Crippen molar-refractivity contribution in [1.82, 2.24) is 5.32 Å². The van der Waals surface area contributed by atoms with Crippen molar-refractivity contribution in [3.63, 3.8) is 0 Å². The van der Waals surface area contributed by atoms with E-state index in [1.807, 2.05) is 0 Å². The average molecular weight is 203 g/mol. The summed E-state index contributed by atoms with van der Waals surface area (Å²) in [6.45, 7) is 6.17. The van der Waals surface area contributed by atoms with Gasteiger partial charge in [-0.3, -0.25) is 0 Å². The molecule has 1 aliphatic heterocycles. The van der Waals surface area contributed by atoms with Gasteiger partial charge in [-0.1, -0.05) is 20.8 Å². The molecule has 1 amide bonds. The molecule has 5 heteroatoms. The number of hydrogen-bond donors (Lipinski definition) is 1. The van der Waals surface area contributed by atoms with Crippen LogP contribution in [0.3, 0.4) is 0 Å². The van der Waals surface area contributed by atoms with Gasteiger partial charge in [0.15, 0.2) is 0 Å². The van der Waals surface area contributed by atoms with Crippen LogP contribution in [0.4, 0.5) is 4.79 Å². The summed E-state index contributed by atoms with van der Waals surface area (Å²) in [4.78, 5) is 21.6. The fourth-order valence-electron chi connectivity index (χ4n) is 0.836. The highest BCUT2D eigenvalue weighted by Gasteiger charge is 2.33. The molecule has 0 saturated carbocycles. The topological polar surface area (TPSA) is 55.4 Å². The van der Waals surface area contributed by atoms with Crippen LogP contribution in [0, 0.1) is 0 Å². The molecule has 0 aromatic heterocycles. The molecule has 74 valence electrons. The molecule has 1 saturated heterocycles. The van der Waals surface area contributed by atoms with Crippen LogP contribution in [0.25, 0.3) is 0 Å². The van der Waals surface area contributed by atoms with Crippen LogP contribution in [0.15, 0.2) is 0 Å². The first kappa shape index (κ1) is 10.4. The second-order valence-corrected chi connectivity index (χ2v) is 5.68. The number of nitrogens with one attached hydrogen (secondary N) is 1. The van der Waals surface area contributed by atoms with Crippen LogP contribution >= 0.6 is 11.8 Å². The fraction of sp³-hybridized carbons (Fsp3) is 0.750. The highest BCUT2D eigenvalue weighted by atomic mass is 32.2. The van der Waals surface area contributed by atoms with Crippen LogP contribution < -0.4 is 5.32 Å². The molecular weight excluding hydrogens is 190 g/mol. The molecule has 0 radical (unpaired) electrons. The maximum Gasteiger partial charge on any atom is 0.415 e. The van der Waals surface area contributed by atoms with Crippen LogP contribution in [-0.2, 0) is 9.53 Å². The number of rotatable bonds is 2. The Labute approximate surface area is 81.4 Å². The van der Waals surface area contributed by atoms with Gasteiger partial charge in [-0.2, -0.15) is 11.8 Å². The van der Waals surface area contributed by atoms with Crippen molar-refractivity contribution in [2.24, 2.45) is 0 Å². The lowest BCUT2D eigenvalue weighted by Crippen LogP contribution is -2.32. The standard InChI is InChI=1S/C8H13NO3S/c1-8(2,3)13-4-5-6(10)12-7(11)9-5/h5H,4H2,1-3H3,(H,9,11)/t5-/m0/s1. The third kappa shape index (κ3) is 3.26. The zero-order chi connectivity index (χ0) is 10.1. The Kier molecular flexibility index (Phi) is 2.85. The first-order valence-electron chi connectivity index (χ1n) is 4.04. The van der Waals surface area contributed by atoms with Gasteiger partial charge >= 0.3 is 12.1 Å².